The Bertz CT molecular complexity index is 1100. The summed E-state index contributed by atoms with van der Waals surface area (Å²) in [4.78, 5) is 29.5. The Morgan fingerprint density at radius 1 is 1.16 bits per heavy atom. The van der Waals surface area contributed by atoms with Gasteiger partial charge in [-0.2, -0.15) is 4.98 Å². The quantitative estimate of drug-likeness (QED) is 0.337. The molecule has 0 aliphatic carbocycles. The molecule has 0 bridgehead atoms. The molecule has 158 valence electrons. The Morgan fingerprint density at radius 3 is 2.61 bits per heavy atom. The van der Waals surface area contributed by atoms with E-state index in [0.29, 0.717) is 23.8 Å². The van der Waals surface area contributed by atoms with Crippen LogP contribution in [-0.2, 0) is 4.79 Å². The van der Waals surface area contributed by atoms with Crippen LogP contribution in [0.1, 0.15) is 42.3 Å². The highest BCUT2D eigenvalue weighted by Crippen LogP contribution is 2.31. The lowest BCUT2D eigenvalue weighted by Gasteiger charge is -2.32. The van der Waals surface area contributed by atoms with Crippen molar-refractivity contribution in [2.45, 2.75) is 32.2 Å². The summed E-state index contributed by atoms with van der Waals surface area (Å²) in [6, 6.07) is 13.7. The third kappa shape index (κ3) is 4.69. The number of hydrogen-bond acceptors (Lipinski definition) is 6. The van der Waals surface area contributed by atoms with Crippen LogP contribution in [0.4, 0.5) is 5.69 Å². The molecule has 2 heterocycles. The molecule has 1 unspecified atom stereocenters. The van der Waals surface area contributed by atoms with Crippen molar-refractivity contribution in [3.8, 4) is 11.4 Å². The zero-order chi connectivity index (χ0) is 21.8. The van der Waals surface area contributed by atoms with Crippen molar-refractivity contribution in [3.05, 3.63) is 81.7 Å². The smallest absolute Gasteiger partial charge is 0.269 e. The van der Waals surface area contributed by atoms with Crippen LogP contribution >= 0.6 is 0 Å². The van der Waals surface area contributed by atoms with Crippen LogP contribution in [0.2, 0.25) is 0 Å². The van der Waals surface area contributed by atoms with Crippen molar-refractivity contribution in [2.24, 2.45) is 0 Å². The molecule has 1 aliphatic heterocycles. The molecule has 1 aromatic heterocycles. The second kappa shape index (κ2) is 8.91. The number of aryl methyl sites for hydroxylation is 1. The van der Waals surface area contributed by atoms with Gasteiger partial charge in [0.15, 0.2) is 0 Å². The van der Waals surface area contributed by atoms with Crippen molar-refractivity contribution < 1.29 is 14.2 Å². The molecule has 0 spiro atoms. The summed E-state index contributed by atoms with van der Waals surface area (Å²) >= 11 is 0. The first-order valence-electron chi connectivity index (χ1n) is 10.1. The van der Waals surface area contributed by atoms with Crippen molar-refractivity contribution in [1.82, 2.24) is 15.0 Å². The average molecular weight is 418 g/mol. The number of likely N-dealkylation sites (tertiary alicyclic amines) is 1. The molecule has 1 atom stereocenters. The molecule has 0 N–H and O–H groups in total. The van der Waals surface area contributed by atoms with E-state index in [4.69, 9.17) is 4.52 Å². The molecule has 3 aromatic rings. The maximum Gasteiger partial charge on any atom is 0.269 e. The molecule has 2 aromatic carbocycles. The van der Waals surface area contributed by atoms with E-state index in [2.05, 4.69) is 10.1 Å². The third-order valence-electron chi connectivity index (χ3n) is 5.34. The normalized spacial score (nSPS) is 16.5. The van der Waals surface area contributed by atoms with Crippen LogP contribution in [0.5, 0.6) is 0 Å². The lowest BCUT2D eigenvalue weighted by Crippen LogP contribution is -2.37. The van der Waals surface area contributed by atoms with Gasteiger partial charge in [0.2, 0.25) is 17.6 Å². The fraction of sp³-hybridized carbons (Fsp3) is 0.261. The molecular formula is C23H22N4O4. The number of rotatable bonds is 5. The van der Waals surface area contributed by atoms with E-state index >= 15 is 0 Å². The predicted molar refractivity (Wildman–Crippen MR) is 115 cm³/mol. The van der Waals surface area contributed by atoms with Gasteiger partial charge in [-0.1, -0.05) is 35.0 Å². The summed E-state index contributed by atoms with van der Waals surface area (Å²) < 4.78 is 5.52. The number of nitro groups is 1. The van der Waals surface area contributed by atoms with Crippen LogP contribution in [0, 0.1) is 17.0 Å². The van der Waals surface area contributed by atoms with Crippen molar-refractivity contribution >= 4 is 17.7 Å². The van der Waals surface area contributed by atoms with Crippen LogP contribution in [0.25, 0.3) is 17.5 Å². The SMILES string of the molecule is Cc1ccc(-c2noc(C3CCCCN3C(=O)C=Cc3ccc([N+](=O)[O-])cc3)n2)cc1. The van der Waals surface area contributed by atoms with E-state index in [9.17, 15) is 14.9 Å². The number of hydrogen-bond donors (Lipinski definition) is 0. The van der Waals surface area contributed by atoms with E-state index in [1.165, 1.54) is 18.2 Å². The lowest BCUT2D eigenvalue weighted by atomic mass is 10.0. The molecule has 1 aliphatic rings. The molecule has 4 rings (SSSR count). The number of carbonyl (C=O) groups excluding carboxylic acids is 1. The zero-order valence-electron chi connectivity index (χ0n) is 17.1. The third-order valence-corrected chi connectivity index (χ3v) is 5.34. The van der Waals surface area contributed by atoms with Gasteiger partial charge in [-0.3, -0.25) is 14.9 Å². The Kier molecular flexibility index (Phi) is 5.88. The van der Waals surface area contributed by atoms with Gasteiger partial charge >= 0.3 is 0 Å². The Labute approximate surface area is 179 Å². The highest BCUT2D eigenvalue weighted by molar-refractivity contribution is 5.92. The highest BCUT2D eigenvalue weighted by Gasteiger charge is 2.31. The van der Waals surface area contributed by atoms with Gasteiger partial charge in [0, 0.05) is 30.3 Å². The summed E-state index contributed by atoms with van der Waals surface area (Å²) in [6.07, 6.45) is 5.78. The minimum Gasteiger partial charge on any atom is -0.337 e. The fourth-order valence-corrected chi connectivity index (χ4v) is 3.61. The Balaban J connectivity index is 1.50. The van der Waals surface area contributed by atoms with Gasteiger partial charge in [0.05, 0.1) is 4.92 Å². The second-order valence-corrected chi connectivity index (χ2v) is 7.55. The molecule has 1 fully saturated rings. The Hall–Kier alpha value is -3.81. The monoisotopic (exact) mass is 418 g/mol. The molecule has 8 nitrogen and oxygen atoms in total. The topological polar surface area (TPSA) is 102 Å². The zero-order valence-corrected chi connectivity index (χ0v) is 17.1. The molecule has 1 saturated heterocycles. The number of carbonyl (C=O) groups is 1. The first-order valence-corrected chi connectivity index (χ1v) is 10.1. The standard InChI is InChI=1S/C23H22N4O4/c1-16-5-10-18(11-6-16)22-24-23(31-25-22)20-4-2-3-15-26(20)21(28)14-9-17-7-12-19(13-8-17)27(29)30/h5-14,20H,2-4,15H2,1H3. The van der Waals surface area contributed by atoms with E-state index < -0.39 is 4.92 Å². The van der Waals surface area contributed by atoms with E-state index in [0.717, 1.165) is 30.4 Å². The minimum atomic E-state index is -0.452. The van der Waals surface area contributed by atoms with Crippen LogP contribution in [0.15, 0.2) is 59.1 Å². The molecule has 0 saturated carbocycles. The molecule has 8 heteroatoms. The van der Waals surface area contributed by atoms with Crippen LogP contribution in [-0.4, -0.2) is 32.4 Å². The van der Waals surface area contributed by atoms with Gasteiger partial charge < -0.3 is 9.42 Å². The van der Waals surface area contributed by atoms with Crippen molar-refractivity contribution in [2.75, 3.05) is 6.54 Å². The summed E-state index contributed by atoms with van der Waals surface area (Å²) in [7, 11) is 0. The Morgan fingerprint density at radius 2 is 1.90 bits per heavy atom. The number of aromatic nitrogens is 2. The number of nitro benzene ring substituents is 1. The first-order chi connectivity index (χ1) is 15.0. The number of benzene rings is 2. The van der Waals surface area contributed by atoms with Crippen molar-refractivity contribution in [3.63, 3.8) is 0 Å². The van der Waals surface area contributed by atoms with Gasteiger partial charge in [0.25, 0.3) is 5.69 Å². The lowest BCUT2D eigenvalue weighted by molar-refractivity contribution is -0.384. The predicted octanol–water partition coefficient (Wildman–Crippen LogP) is 4.72. The molecular weight excluding hydrogens is 396 g/mol. The molecule has 1 amide bonds. The largest absolute Gasteiger partial charge is 0.337 e. The second-order valence-electron chi connectivity index (χ2n) is 7.55. The van der Waals surface area contributed by atoms with Crippen molar-refractivity contribution in [1.29, 1.82) is 0 Å². The first kappa shape index (κ1) is 20.5. The van der Waals surface area contributed by atoms with Gasteiger partial charge in [-0.15, -0.1) is 0 Å². The van der Waals surface area contributed by atoms with E-state index in [-0.39, 0.29) is 17.6 Å². The number of nitrogens with zero attached hydrogens (tertiary/aromatic N) is 4. The van der Waals surface area contributed by atoms with E-state index in [1.807, 2.05) is 31.2 Å². The average Bonchev–Trinajstić information content (AvgIpc) is 3.28. The number of non-ortho nitro benzene ring substituents is 1. The van der Waals surface area contributed by atoms with Gasteiger partial charge in [0.1, 0.15) is 6.04 Å². The maximum absolute atomic E-state index is 12.9. The fourth-order valence-electron chi connectivity index (χ4n) is 3.61. The van der Waals surface area contributed by atoms with Crippen LogP contribution < -0.4 is 0 Å². The van der Waals surface area contributed by atoms with Gasteiger partial charge in [-0.25, -0.2) is 0 Å². The summed E-state index contributed by atoms with van der Waals surface area (Å²) in [5.41, 5.74) is 2.75. The van der Waals surface area contributed by atoms with Crippen LogP contribution in [0.3, 0.4) is 0 Å². The maximum atomic E-state index is 12.9. The molecule has 31 heavy (non-hydrogen) atoms. The number of piperidine rings is 1. The summed E-state index contributed by atoms with van der Waals surface area (Å²) in [6.45, 7) is 2.62. The number of amides is 1. The molecule has 0 radical (unpaired) electrons. The van der Waals surface area contributed by atoms with Gasteiger partial charge in [-0.05, 0) is 50.0 Å². The minimum absolute atomic E-state index is 0.0142. The summed E-state index contributed by atoms with van der Waals surface area (Å²) in [5.74, 6) is 0.792. The summed E-state index contributed by atoms with van der Waals surface area (Å²) in [5, 5.41) is 14.9. The highest BCUT2D eigenvalue weighted by atomic mass is 16.6. The van der Waals surface area contributed by atoms with E-state index in [1.54, 1.807) is 23.1 Å².